The van der Waals surface area contributed by atoms with Crippen molar-refractivity contribution in [1.29, 1.82) is 0 Å². The summed E-state index contributed by atoms with van der Waals surface area (Å²) in [6.07, 6.45) is 2.12. The third kappa shape index (κ3) is 4.67. The van der Waals surface area contributed by atoms with Gasteiger partial charge in [0.05, 0.1) is 6.33 Å². The second kappa shape index (κ2) is 9.92. The third-order valence-corrected chi connectivity index (χ3v) is 6.23. The molecule has 180 valence electrons. The average molecular weight is 469 g/mol. The molecule has 2 aromatic heterocycles. The number of carbonyl (C=O) groups excluding carboxylic acids is 1. The van der Waals surface area contributed by atoms with E-state index < -0.39 is 30.7 Å². The summed E-state index contributed by atoms with van der Waals surface area (Å²) in [5.41, 5.74) is 1.85. The molecule has 1 saturated heterocycles. The van der Waals surface area contributed by atoms with Gasteiger partial charge in [0.15, 0.2) is 23.2 Å². The van der Waals surface area contributed by atoms with E-state index in [-0.39, 0.29) is 13.2 Å². The summed E-state index contributed by atoms with van der Waals surface area (Å²) in [6, 6.07) is 9.54. The molecule has 2 fully saturated rings. The molecule has 1 aliphatic carbocycles. The number of nitrogens with zero attached hydrogens (tertiary/aromatic N) is 4. The van der Waals surface area contributed by atoms with Gasteiger partial charge in [0.25, 0.3) is 0 Å². The van der Waals surface area contributed by atoms with Crippen molar-refractivity contribution >= 4 is 23.1 Å². The van der Waals surface area contributed by atoms with E-state index in [0.717, 1.165) is 18.4 Å². The van der Waals surface area contributed by atoms with Crippen LogP contribution >= 0.6 is 0 Å². The Bertz CT molecular complexity index is 1120. The lowest BCUT2D eigenvalue weighted by atomic mass is 10.1. The zero-order valence-electron chi connectivity index (χ0n) is 18.5. The van der Waals surface area contributed by atoms with Gasteiger partial charge in [-0.1, -0.05) is 43.2 Å². The van der Waals surface area contributed by atoms with Gasteiger partial charge in [-0.05, 0) is 18.4 Å². The van der Waals surface area contributed by atoms with Gasteiger partial charge in [-0.15, -0.1) is 0 Å². The first-order valence-electron chi connectivity index (χ1n) is 11.4. The number of rotatable bonds is 7. The number of aromatic nitrogens is 4. The molecule has 11 nitrogen and oxygen atoms in total. The summed E-state index contributed by atoms with van der Waals surface area (Å²) in [6.45, 7) is -0.213. The van der Waals surface area contributed by atoms with Crippen LogP contribution in [0.15, 0.2) is 43.0 Å². The van der Waals surface area contributed by atoms with Crippen molar-refractivity contribution in [3.05, 3.63) is 48.5 Å². The Labute approximate surface area is 195 Å². The van der Waals surface area contributed by atoms with E-state index in [1.165, 1.54) is 25.5 Å². The minimum Gasteiger partial charge on any atom is -0.431 e. The van der Waals surface area contributed by atoms with Gasteiger partial charge in [0, 0.05) is 6.04 Å². The van der Waals surface area contributed by atoms with E-state index in [0.29, 0.717) is 23.0 Å². The molecule has 0 bridgehead atoms. The van der Waals surface area contributed by atoms with E-state index in [9.17, 15) is 15.0 Å². The number of ether oxygens (including phenoxy) is 3. The predicted octanol–water partition coefficient (Wildman–Crippen LogP) is 2.15. The molecule has 0 spiro atoms. The van der Waals surface area contributed by atoms with Gasteiger partial charge in [-0.3, -0.25) is 4.57 Å². The molecule has 5 rings (SSSR count). The van der Waals surface area contributed by atoms with Crippen molar-refractivity contribution < 1.29 is 29.2 Å². The molecule has 1 saturated carbocycles. The molecule has 0 radical (unpaired) electrons. The van der Waals surface area contributed by atoms with Crippen LogP contribution in [0.25, 0.3) is 11.2 Å². The highest BCUT2D eigenvalue weighted by molar-refractivity contribution is 5.82. The number of hydrogen-bond acceptors (Lipinski definition) is 10. The SMILES string of the molecule is O=C(OCc1ccccc1)OC[C@H]1O[C@@H](n2cnc3c(NC4CCCC4)ncnc32)[C@H](O)[C@@H]1O. The summed E-state index contributed by atoms with van der Waals surface area (Å²) in [4.78, 5) is 25.0. The fourth-order valence-corrected chi connectivity index (χ4v) is 4.41. The monoisotopic (exact) mass is 469 g/mol. The van der Waals surface area contributed by atoms with Crippen LogP contribution < -0.4 is 5.32 Å². The lowest BCUT2D eigenvalue weighted by molar-refractivity contribution is -0.0618. The highest BCUT2D eigenvalue weighted by Crippen LogP contribution is 2.33. The Morgan fingerprint density at radius 2 is 1.88 bits per heavy atom. The zero-order chi connectivity index (χ0) is 23.5. The topological polar surface area (TPSA) is 141 Å². The molecule has 3 N–H and O–H groups in total. The molecule has 0 unspecified atom stereocenters. The minimum absolute atomic E-state index is 0.0664. The van der Waals surface area contributed by atoms with E-state index in [1.54, 1.807) is 4.57 Å². The smallest absolute Gasteiger partial charge is 0.431 e. The fraction of sp³-hybridized carbons (Fsp3) is 0.478. The van der Waals surface area contributed by atoms with Gasteiger partial charge in [0.2, 0.25) is 0 Å². The van der Waals surface area contributed by atoms with Crippen molar-refractivity contribution in [3.63, 3.8) is 0 Å². The van der Waals surface area contributed by atoms with Gasteiger partial charge in [-0.25, -0.2) is 19.7 Å². The Morgan fingerprint density at radius 1 is 1.09 bits per heavy atom. The van der Waals surface area contributed by atoms with E-state index in [4.69, 9.17) is 14.2 Å². The van der Waals surface area contributed by atoms with Crippen LogP contribution in [0.5, 0.6) is 0 Å². The van der Waals surface area contributed by atoms with Crippen LogP contribution in [0.2, 0.25) is 0 Å². The standard InChI is InChI=1S/C23H27N5O6/c29-18-16(11-33-23(31)32-10-14-6-2-1-3-7-14)34-22(19(18)30)28-13-26-17-20(24-12-25-21(17)28)27-15-8-4-5-9-15/h1-3,6-7,12-13,15-16,18-19,22,29-30H,4-5,8-11H2,(H,24,25,27)/t16-,18-,19-,22-/m1/s1. The number of carbonyl (C=O) groups is 1. The summed E-state index contributed by atoms with van der Waals surface area (Å²) in [7, 11) is 0. The third-order valence-electron chi connectivity index (χ3n) is 6.23. The second-order valence-corrected chi connectivity index (χ2v) is 8.55. The van der Waals surface area contributed by atoms with Crippen LogP contribution in [0.3, 0.4) is 0 Å². The summed E-state index contributed by atoms with van der Waals surface area (Å²) >= 11 is 0. The summed E-state index contributed by atoms with van der Waals surface area (Å²) < 4.78 is 17.6. The van der Waals surface area contributed by atoms with Crippen LogP contribution in [-0.2, 0) is 20.8 Å². The van der Waals surface area contributed by atoms with Crippen molar-refractivity contribution in [3.8, 4) is 0 Å². The highest BCUT2D eigenvalue weighted by Gasteiger charge is 2.45. The van der Waals surface area contributed by atoms with Crippen molar-refractivity contribution in [2.45, 2.75) is 62.9 Å². The number of fused-ring (bicyclic) bond motifs is 1. The summed E-state index contributed by atoms with van der Waals surface area (Å²) in [5.74, 6) is 0.629. The molecule has 3 aromatic rings. The lowest BCUT2D eigenvalue weighted by Crippen LogP contribution is -2.34. The minimum atomic E-state index is -1.28. The number of imidazole rings is 1. The Hall–Kier alpha value is -3.28. The predicted molar refractivity (Wildman–Crippen MR) is 120 cm³/mol. The molecule has 2 aliphatic rings. The molecule has 0 amide bonds. The fourth-order valence-electron chi connectivity index (χ4n) is 4.41. The largest absolute Gasteiger partial charge is 0.508 e. The molecule has 1 aromatic carbocycles. The molecule has 1 aliphatic heterocycles. The maximum atomic E-state index is 11.9. The van der Waals surface area contributed by atoms with Gasteiger partial charge >= 0.3 is 6.16 Å². The molecule has 3 heterocycles. The Kier molecular flexibility index (Phi) is 6.57. The number of benzene rings is 1. The normalized spacial score (nSPS) is 25.0. The van der Waals surface area contributed by atoms with Gasteiger partial charge < -0.3 is 29.7 Å². The molecule has 11 heteroatoms. The van der Waals surface area contributed by atoms with Crippen LogP contribution in [0.4, 0.5) is 10.6 Å². The zero-order valence-corrected chi connectivity index (χ0v) is 18.5. The first kappa shape index (κ1) is 22.5. The Balaban J connectivity index is 1.22. The maximum Gasteiger partial charge on any atom is 0.508 e. The average Bonchev–Trinajstić information content (AvgIpc) is 3.59. The number of aliphatic hydroxyl groups is 2. The van der Waals surface area contributed by atoms with E-state index >= 15 is 0 Å². The van der Waals surface area contributed by atoms with E-state index in [2.05, 4.69) is 20.3 Å². The first-order chi connectivity index (χ1) is 16.6. The molecule has 4 atom stereocenters. The van der Waals surface area contributed by atoms with Crippen LogP contribution in [-0.4, -0.2) is 66.8 Å². The van der Waals surface area contributed by atoms with Crippen LogP contribution in [0, 0.1) is 0 Å². The first-order valence-corrected chi connectivity index (χ1v) is 11.4. The van der Waals surface area contributed by atoms with Crippen molar-refractivity contribution in [1.82, 2.24) is 19.5 Å². The molecular formula is C23H27N5O6. The van der Waals surface area contributed by atoms with Crippen LogP contribution in [0.1, 0.15) is 37.5 Å². The highest BCUT2D eigenvalue weighted by atomic mass is 16.7. The number of aliphatic hydroxyl groups excluding tert-OH is 2. The number of anilines is 1. The molecular weight excluding hydrogens is 442 g/mol. The van der Waals surface area contributed by atoms with Crippen molar-refractivity contribution in [2.24, 2.45) is 0 Å². The number of nitrogens with one attached hydrogen (secondary N) is 1. The second-order valence-electron chi connectivity index (χ2n) is 8.55. The maximum absolute atomic E-state index is 11.9. The Morgan fingerprint density at radius 3 is 2.68 bits per heavy atom. The summed E-state index contributed by atoms with van der Waals surface area (Å²) in [5, 5.41) is 24.5. The number of hydrogen-bond donors (Lipinski definition) is 3. The molecule has 34 heavy (non-hydrogen) atoms. The van der Waals surface area contributed by atoms with E-state index in [1.807, 2.05) is 30.3 Å². The van der Waals surface area contributed by atoms with Gasteiger partial charge in [-0.2, -0.15) is 0 Å². The van der Waals surface area contributed by atoms with Crippen molar-refractivity contribution in [2.75, 3.05) is 11.9 Å². The lowest BCUT2D eigenvalue weighted by Gasteiger charge is -2.17. The van der Waals surface area contributed by atoms with Gasteiger partial charge in [0.1, 0.15) is 37.9 Å². The quantitative estimate of drug-likeness (QED) is 0.441.